The van der Waals surface area contributed by atoms with Crippen molar-refractivity contribution >= 4 is 17.8 Å². The molecule has 2 aromatic rings. The Kier molecular flexibility index (Phi) is 5.88. The lowest BCUT2D eigenvalue weighted by Gasteiger charge is -2.05. The van der Waals surface area contributed by atoms with E-state index in [4.69, 9.17) is 9.47 Å². The highest BCUT2D eigenvalue weighted by Crippen LogP contribution is 2.25. The number of carbonyl (C=O) groups excluding carboxylic acids is 1. The maximum absolute atomic E-state index is 11.7. The molecular weight excluding hydrogens is 330 g/mol. The zero-order chi connectivity index (χ0) is 18.2. The van der Waals surface area contributed by atoms with Crippen LogP contribution in [0.15, 0.2) is 47.6 Å². The minimum Gasteiger partial charge on any atom is -0.507 e. The summed E-state index contributed by atoms with van der Waals surface area (Å²) in [5.74, 6) is -0.202. The first-order valence-electron chi connectivity index (χ1n) is 7.06. The zero-order valence-electron chi connectivity index (χ0n) is 13.2. The molecule has 0 fully saturated rings. The van der Waals surface area contributed by atoms with Crippen LogP contribution in [0.2, 0.25) is 0 Å². The average molecular weight is 345 g/mol. The molecule has 0 aliphatic carbocycles. The van der Waals surface area contributed by atoms with Gasteiger partial charge in [0.25, 0.3) is 5.91 Å². The van der Waals surface area contributed by atoms with Gasteiger partial charge in [-0.2, -0.15) is 5.10 Å². The Morgan fingerprint density at radius 1 is 1.36 bits per heavy atom. The van der Waals surface area contributed by atoms with Gasteiger partial charge in [-0.1, -0.05) is 12.1 Å². The molecule has 1 amide bonds. The van der Waals surface area contributed by atoms with Crippen molar-refractivity contribution in [1.29, 1.82) is 0 Å². The van der Waals surface area contributed by atoms with Gasteiger partial charge in [-0.3, -0.25) is 14.9 Å². The second-order valence-corrected chi connectivity index (χ2v) is 4.73. The summed E-state index contributed by atoms with van der Waals surface area (Å²) in [6, 6.07) is 10.3. The van der Waals surface area contributed by atoms with Crippen LogP contribution < -0.4 is 14.9 Å². The van der Waals surface area contributed by atoms with Crippen LogP contribution in [0.25, 0.3) is 0 Å². The molecule has 2 N–H and O–H groups in total. The lowest BCUT2D eigenvalue weighted by atomic mass is 10.2. The van der Waals surface area contributed by atoms with Gasteiger partial charge in [-0.25, -0.2) is 5.43 Å². The van der Waals surface area contributed by atoms with Crippen molar-refractivity contribution in [3.8, 4) is 17.2 Å². The van der Waals surface area contributed by atoms with E-state index in [0.717, 1.165) is 0 Å². The first-order valence-corrected chi connectivity index (χ1v) is 7.06. The van der Waals surface area contributed by atoms with Crippen LogP contribution in [0.1, 0.15) is 5.56 Å². The summed E-state index contributed by atoms with van der Waals surface area (Å²) in [7, 11) is 1.47. The molecule has 0 atom stereocenters. The molecule has 130 valence electrons. The van der Waals surface area contributed by atoms with Crippen molar-refractivity contribution in [2.75, 3.05) is 13.7 Å². The highest BCUT2D eigenvalue weighted by Gasteiger charge is 2.14. The van der Waals surface area contributed by atoms with Crippen LogP contribution >= 0.6 is 0 Å². The monoisotopic (exact) mass is 345 g/mol. The molecule has 0 aromatic heterocycles. The van der Waals surface area contributed by atoms with E-state index in [2.05, 4.69) is 10.5 Å². The summed E-state index contributed by atoms with van der Waals surface area (Å²) in [6.07, 6.45) is 1.25. The number of nitro groups is 1. The number of amides is 1. The molecule has 0 aliphatic heterocycles. The number of nitro benzene ring substituents is 1. The number of para-hydroxylation sites is 2. The van der Waals surface area contributed by atoms with Gasteiger partial charge in [0.05, 0.1) is 18.2 Å². The van der Waals surface area contributed by atoms with Crippen molar-refractivity contribution in [3.63, 3.8) is 0 Å². The molecule has 0 bridgehead atoms. The molecule has 0 aliphatic rings. The van der Waals surface area contributed by atoms with E-state index in [1.165, 1.54) is 37.6 Å². The number of rotatable bonds is 7. The number of nitrogens with zero attached hydrogens (tertiary/aromatic N) is 2. The minimum atomic E-state index is -0.609. The Bertz CT molecular complexity index is 806. The van der Waals surface area contributed by atoms with Gasteiger partial charge in [0, 0.05) is 17.7 Å². The number of carbonyl (C=O) groups is 1. The predicted octanol–water partition coefficient (Wildman–Crippen LogP) is 1.84. The smallest absolute Gasteiger partial charge is 0.310 e. The highest BCUT2D eigenvalue weighted by atomic mass is 16.6. The van der Waals surface area contributed by atoms with Gasteiger partial charge in [-0.05, 0) is 18.2 Å². The van der Waals surface area contributed by atoms with Gasteiger partial charge in [0.15, 0.2) is 12.4 Å². The van der Waals surface area contributed by atoms with E-state index in [0.29, 0.717) is 11.3 Å². The Hall–Kier alpha value is -3.62. The quantitative estimate of drug-likeness (QED) is 0.448. The average Bonchev–Trinajstić information content (AvgIpc) is 2.61. The summed E-state index contributed by atoms with van der Waals surface area (Å²) in [6.45, 7) is -0.448. The summed E-state index contributed by atoms with van der Waals surface area (Å²) in [5, 5.41) is 24.3. The Labute approximate surface area is 142 Å². The molecule has 9 heteroatoms. The van der Waals surface area contributed by atoms with Crippen LogP contribution in [-0.2, 0) is 4.79 Å². The van der Waals surface area contributed by atoms with Crippen LogP contribution in [0.5, 0.6) is 17.2 Å². The summed E-state index contributed by atoms with van der Waals surface area (Å²) in [4.78, 5) is 21.9. The van der Waals surface area contributed by atoms with Crippen molar-refractivity contribution in [2.45, 2.75) is 0 Å². The maximum atomic E-state index is 11.7. The van der Waals surface area contributed by atoms with E-state index in [1.54, 1.807) is 18.2 Å². The van der Waals surface area contributed by atoms with Crippen LogP contribution in [-0.4, -0.2) is 35.9 Å². The van der Waals surface area contributed by atoms with Crippen molar-refractivity contribution in [2.24, 2.45) is 5.10 Å². The summed E-state index contributed by atoms with van der Waals surface area (Å²) < 4.78 is 10.1. The molecule has 0 radical (unpaired) electrons. The van der Waals surface area contributed by atoms with Crippen molar-refractivity contribution < 1.29 is 24.3 Å². The molecule has 2 rings (SSSR count). The molecule has 0 saturated carbocycles. The highest BCUT2D eigenvalue weighted by molar-refractivity contribution is 5.85. The lowest BCUT2D eigenvalue weighted by molar-refractivity contribution is -0.385. The van der Waals surface area contributed by atoms with Gasteiger partial charge in [-0.15, -0.1) is 0 Å². The normalized spacial score (nSPS) is 10.4. The third-order valence-corrected chi connectivity index (χ3v) is 3.05. The predicted molar refractivity (Wildman–Crippen MR) is 89.0 cm³/mol. The summed E-state index contributed by atoms with van der Waals surface area (Å²) >= 11 is 0. The first-order chi connectivity index (χ1) is 12.0. The van der Waals surface area contributed by atoms with E-state index in [9.17, 15) is 20.0 Å². The summed E-state index contributed by atoms with van der Waals surface area (Å²) in [5.41, 5.74) is 2.34. The number of hydrogen-bond donors (Lipinski definition) is 2. The van der Waals surface area contributed by atoms with Crippen molar-refractivity contribution in [1.82, 2.24) is 5.43 Å². The molecule has 9 nitrogen and oxygen atoms in total. The molecule has 0 unspecified atom stereocenters. The number of ether oxygens (including phenoxy) is 2. The fourth-order valence-electron chi connectivity index (χ4n) is 1.84. The Morgan fingerprint density at radius 3 is 2.80 bits per heavy atom. The largest absolute Gasteiger partial charge is 0.507 e. The van der Waals surface area contributed by atoms with E-state index < -0.39 is 17.4 Å². The molecule has 25 heavy (non-hydrogen) atoms. The second-order valence-electron chi connectivity index (χ2n) is 4.73. The zero-order valence-corrected chi connectivity index (χ0v) is 13.2. The number of hydrogen-bond acceptors (Lipinski definition) is 7. The topological polar surface area (TPSA) is 123 Å². The fraction of sp³-hybridized carbons (Fsp3) is 0.125. The van der Waals surface area contributed by atoms with E-state index in [1.807, 2.05) is 0 Å². The number of phenols is 1. The van der Waals surface area contributed by atoms with Gasteiger partial charge >= 0.3 is 5.69 Å². The van der Waals surface area contributed by atoms with Crippen LogP contribution in [0, 0.1) is 10.1 Å². The van der Waals surface area contributed by atoms with Crippen molar-refractivity contribution in [3.05, 3.63) is 58.1 Å². The van der Waals surface area contributed by atoms with E-state index >= 15 is 0 Å². The van der Waals surface area contributed by atoms with Crippen LogP contribution in [0.3, 0.4) is 0 Å². The first kappa shape index (κ1) is 17.7. The molecule has 0 heterocycles. The number of nitrogens with one attached hydrogen (secondary N) is 1. The fourth-order valence-corrected chi connectivity index (χ4v) is 1.84. The van der Waals surface area contributed by atoms with Gasteiger partial charge in [0.1, 0.15) is 11.5 Å². The van der Waals surface area contributed by atoms with E-state index in [-0.39, 0.29) is 17.2 Å². The maximum Gasteiger partial charge on any atom is 0.310 e. The number of benzene rings is 2. The molecule has 2 aromatic carbocycles. The molecular formula is C16H15N3O6. The Morgan fingerprint density at radius 2 is 2.12 bits per heavy atom. The lowest BCUT2D eigenvalue weighted by Crippen LogP contribution is -2.24. The number of phenolic OH excluding ortho intramolecular Hbond substituents is 1. The second kappa shape index (κ2) is 8.29. The molecule has 0 spiro atoms. The number of hydrazone groups is 1. The van der Waals surface area contributed by atoms with Gasteiger partial charge < -0.3 is 14.6 Å². The Balaban J connectivity index is 1.90. The SMILES string of the molecule is COc1ccc(/C=N\NC(=O)COc2ccccc2[N+](=O)[O-])c(O)c1. The number of methoxy groups -OCH3 is 1. The third-order valence-electron chi connectivity index (χ3n) is 3.05. The minimum absolute atomic E-state index is 0.0144. The van der Waals surface area contributed by atoms with Gasteiger partial charge in [0.2, 0.25) is 0 Å². The third kappa shape index (κ3) is 4.93. The van der Waals surface area contributed by atoms with Crippen LogP contribution in [0.4, 0.5) is 5.69 Å². The standard InChI is InChI=1S/C16H15N3O6/c1-24-12-7-6-11(14(20)8-12)9-17-18-16(21)10-25-15-5-3-2-4-13(15)19(22)23/h2-9,20H,10H2,1H3,(H,18,21)/b17-9-. The number of aromatic hydroxyl groups is 1. The molecule has 0 saturated heterocycles.